The molecule has 1 amide bonds. The van der Waals surface area contributed by atoms with Gasteiger partial charge in [0.25, 0.3) is 0 Å². The Kier molecular flexibility index (Phi) is 8.52. The number of nitrogens with one attached hydrogen (secondary N) is 1. The minimum absolute atomic E-state index is 0. The summed E-state index contributed by atoms with van der Waals surface area (Å²) in [5.74, 6) is -0.701. The lowest BCUT2D eigenvalue weighted by Gasteiger charge is -2.40. The van der Waals surface area contributed by atoms with Crippen LogP contribution in [0.2, 0.25) is 0 Å². The van der Waals surface area contributed by atoms with Crippen LogP contribution in [0.15, 0.2) is 35.5 Å². The van der Waals surface area contributed by atoms with E-state index in [2.05, 4.69) is 4.98 Å². The number of carbonyl (C=O) groups is 1. The third-order valence-electron chi connectivity index (χ3n) is 5.74. The standard InChI is InChI=1S/C20H27ClN6O4S.ClH/c1-25(2)18(29)20(7-3-4-8-20)26(9-10-28)32(30,31)15-5-6-16-14(11-15)12-24-13-17(16)27(21)19(22)23;/h5-6,11-13,28H,3-4,7-10H2,1-2H3,(H3,22,23);1H. The number of carbonyl (C=O) groups excluding carboxylic acids is 1. The summed E-state index contributed by atoms with van der Waals surface area (Å²) >= 11 is 6.06. The fourth-order valence-electron chi connectivity index (χ4n) is 4.31. The van der Waals surface area contributed by atoms with Crippen molar-refractivity contribution < 1.29 is 18.3 Å². The normalized spacial score (nSPS) is 15.3. The van der Waals surface area contributed by atoms with Gasteiger partial charge in [0.05, 0.1) is 23.4 Å². The van der Waals surface area contributed by atoms with E-state index >= 15 is 0 Å². The van der Waals surface area contributed by atoms with Gasteiger partial charge in [-0.3, -0.25) is 15.2 Å². The van der Waals surface area contributed by atoms with E-state index in [4.69, 9.17) is 22.9 Å². The van der Waals surface area contributed by atoms with E-state index in [-0.39, 0.29) is 29.8 Å². The maximum atomic E-state index is 13.7. The van der Waals surface area contributed by atoms with Gasteiger partial charge in [0, 0.05) is 49.4 Å². The number of aliphatic hydroxyl groups excluding tert-OH is 1. The van der Waals surface area contributed by atoms with Crippen molar-refractivity contribution in [1.82, 2.24) is 14.2 Å². The highest BCUT2D eigenvalue weighted by Gasteiger charge is 2.51. The molecular formula is C20H28Cl2N6O4S. The summed E-state index contributed by atoms with van der Waals surface area (Å²) in [6.45, 7) is -0.612. The summed E-state index contributed by atoms with van der Waals surface area (Å²) in [6, 6.07) is 4.42. The smallest absolute Gasteiger partial charge is 0.244 e. The van der Waals surface area contributed by atoms with Crippen molar-refractivity contribution in [3.63, 3.8) is 0 Å². The molecule has 0 spiro atoms. The van der Waals surface area contributed by atoms with Crippen molar-refractivity contribution in [2.75, 3.05) is 31.7 Å². The van der Waals surface area contributed by atoms with Gasteiger partial charge in [0.2, 0.25) is 21.9 Å². The Labute approximate surface area is 204 Å². The molecule has 0 unspecified atom stereocenters. The quantitative estimate of drug-likeness (QED) is 0.288. The number of aliphatic hydroxyl groups is 1. The van der Waals surface area contributed by atoms with E-state index in [1.165, 1.54) is 29.4 Å². The van der Waals surface area contributed by atoms with Crippen LogP contribution in [0.4, 0.5) is 5.69 Å². The van der Waals surface area contributed by atoms with E-state index in [1.807, 2.05) is 0 Å². The number of sulfonamides is 1. The molecule has 1 saturated carbocycles. The number of β-amino-alcohol motifs (C(OH)–C–C–N with tert-alkyl or cyclic N) is 1. The van der Waals surface area contributed by atoms with Gasteiger partial charge in [-0.05, 0) is 25.0 Å². The fourth-order valence-corrected chi connectivity index (χ4v) is 6.26. The predicted octanol–water partition coefficient (Wildman–Crippen LogP) is 1.89. The number of hydrogen-bond donors (Lipinski definition) is 3. The molecule has 0 atom stereocenters. The highest BCUT2D eigenvalue weighted by molar-refractivity contribution is 7.89. The van der Waals surface area contributed by atoms with E-state index in [9.17, 15) is 18.3 Å². The number of nitrogens with zero attached hydrogens (tertiary/aromatic N) is 4. The number of hydrogen-bond acceptors (Lipinski definition) is 6. The summed E-state index contributed by atoms with van der Waals surface area (Å²) in [5, 5.41) is 18.2. The first kappa shape index (κ1) is 27.1. The minimum Gasteiger partial charge on any atom is -0.395 e. The van der Waals surface area contributed by atoms with Crippen molar-refractivity contribution >= 4 is 62.5 Å². The first-order valence-electron chi connectivity index (χ1n) is 10.1. The number of nitrogens with two attached hydrogens (primary N) is 1. The number of likely N-dealkylation sites (N-methyl/N-ethyl adjacent to an activating group) is 1. The number of amides is 1. The topological polar surface area (TPSA) is 144 Å². The molecule has 1 heterocycles. The highest BCUT2D eigenvalue weighted by Crippen LogP contribution is 2.40. The molecule has 1 aromatic carbocycles. The van der Waals surface area contributed by atoms with Crippen molar-refractivity contribution in [3.8, 4) is 0 Å². The van der Waals surface area contributed by atoms with E-state index in [0.717, 1.165) is 21.6 Å². The van der Waals surface area contributed by atoms with Crippen molar-refractivity contribution in [2.45, 2.75) is 36.1 Å². The average Bonchev–Trinajstić information content (AvgIpc) is 3.25. The van der Waals surface area contributed by atoms with Crippen LogP contribution >= 0.6 is 24.2 Å². The van der Waals surface area contributed by atoms with Crippen LogP contribution in [-0.2, 0) is 14.8 Å². The van der Waals surface area contributed by atoms with Crippen molar-refractivity contribution in [2.24, 2.45) is 5.73 Å². The van der Waals surface area contributed by atoms with Crippen molar-refractivity contribution in [1.29, 1.82) is 5.41 Å². The molecule has 0 radical (unpaired) electrons. The Morgan fingerprint density at radius 1 is 1.27 bits per heavy atom. The molecule has 3 rings (SSSR count). The van der Waals surface area contributed by atoms with Gasteiger partial charge < -0.3 is 15.7 Å². The lowest BCUT2D eigenvalue weighted by Crippen LogP contribution is -2.59. The monoisotopic (exact) mass is 518 g/mol. The maximum Gasteiger partial charge on any atom is 0.244 e. The highest BCUT2D eigenvalue weighted by atomic mass is 35.5. The summed E-state index contributed by atoms with van der Waals surface area (Å²) < 4.78 is 29.6. The van der Waals surface area contributed by atoms with E-state index in [0.29, 0.717) is 29.3 Å². The Morgan fingerprint density at radius 2 is 1.91 bits per heavy atom. The van der Waals surface area contributed by atoms with Crippen LogP contribution in [0.25, 0.3) is 10.8 Å². The number of aromatic nitrogens is 1. The fraction of sp³-hybridized carbons (Fsp3) is 0.450. The van der Waals surface area contributed by atoms with E-state index in [1.54, 1.807) is 20.2 Å². The molecule has 10 nitrogen and oxygen atoms in total. The lowest BCUT2D eigenvalue weighted by molar-refractivity contribution is -0.139. The van der Waals surface area contributed by atoms with Gasteiger partial charge in [-0.15, -0.1) is 12.4 Å². The second-order valence-electron chi connectivity index (χ2n) is 7.95. The van der Waals surface area contributed by atoms with Crippen LogP contribution in [0.1, 0.15) is 25.7 Å². The molecule has 0 aliphatic heterocycles. The van der Waals surface area contributed by atoms with Crippen molar-refractivity contribution in [3.05, 3.63) is 30.6 Å². The molecule has 0 bridgehead atoms. The molecule has 1 aliphatic carbocycles. The van der Waals surface area contributed by atoms with Crippen LogP contribution in [0, 0.1) is 5.41 Å². The van der Waals surface area contributed by atoms with Crippen LogP contribution in [0.5, 0.6) is 0 Å². The predicted molar refractivity (Wildman–Crippen MR) is 130 cm³/mol. The third-order valence-corrected chi connectivity index (χ3v) is 8.06. The molecule has 2 aromatic rings. The second-order valence-corrected chi connectivity index (χ2v) is 10.1. The number of anilines is 1. The molecule has 1 fully saturated rings. The Hall–Kier alpha value is -2.18. The molecule has 4 N–H and O–H groups in total. The number of guanidine groups is 1. The molecule has 182 valence electrons. The number of fused-ring (bicyclic) bond motifs is 1. The van der Waals surface area contributed by atoms with Crippen LogP contribution in [0.3, 0.4) is 0 Å². The Balaban J connectivity index is 0.00000385. The van der Waals surface area contributed by atoms with Gasteiger partial charge >= 0.3 is 0 Å². The largest absolute Gasteiger partial charge is 0.395 e. The first-order valence-corrected chi connectivity index (χ1v) is 11.9. The van der Waals surface area contributed by atoms with Gasteiger partial charge in [0.15, 0.2) is 0 Å². The average molecular weight is 519 g/mol. The van der Waals surface area contributed by atoms with Gasteiger partial charge in [0.1, 0.15) is 5.54 Å². The SMILES string of the molecule is CN(C)C(=O)C1(N(CCO)S(=O)(=O)c2ccc3c(N(Cl)C(=N)N)cncc3c2)CCCC1.Cl. The molecule has 1 aliphatic rings. The van der Waals surface area contributed by atoms with Gasteiger partial charge in [-0.1, -0.05) is 18.9 Å². The maximum absolute atomic E-state index is 13.7. The Bertz CT molecular complexity index is 1140. The van der Waals surface area contributed by atoms with Crippen LogP contribution in [-0.4, -0.2) is 72.4 Å². The minimum atomic E-state index is -4.14. The molecule has 0 saturated heterocycles. The molecule has 33 heavy (non-hydrogen) atoms. The zero-order valence-electron chi connectivity index (χ0n) is 18.4. The number of pyridine rings is 1. The lowest BCUT2D eigenvalue weighted by atomic mass is 9.95. The first-order chi connectivity index (χ1) is 15.1. The molecule has 13 heteroatoms. The van der Waals surface area contributed by atoms with E-state index < -0.39 is 28.1 Å². The third kappa shape index (κ3) is 4.87. The number of rotatable bonds is 7. The zero-order chi connectivity index (χ0) is 23.7. The summed E-state index contributed by atoms with van der Waals surface area (Å²) in [7, 11) is -0.941. The molecule has 1 aromatic heterocycles. The van der Waals surface area contributed by atoms with Crippen LogP contribution < -0.4 is 10.2 Å². The zero-order valence-corrected chi connectivity index (χ0v) is 20.8. The molecular weight excluding hydrogens is 491 g/mol. The van der Waals surface area contributed by atoms with Gasteiger partial charge in [-0.2, -0.15) is 4.31 Å². The summed E-state index contributed by atoms with van der Waals surface area (Å²) in [4.78, 5) is 18.6. The number of benzene rings is 1. The summed E-state index contributed by atoms with van der Waals surface area (Å²) in [5.41, 5.74) is 4.56. The van der Waals surface area contributed by atoms with Gasteiger partial charge in [-0.25, -0.2) is 12.8 Å². The Morgan fingerprint density at radius 3 is 2.45 bits per heavy atom. The number of halogens is 2. The second kappa shape index (κ2) is 10.4. The summed E-state index contributed by atoms with van der Waals surface area (Å²) in [6.07, 6.45) is 5.13.